The van der Waals surface area contributed by atoms with Crippen molar-refractivity contribution in [3.05, 3.63) is 0 Å². The van der Waals surface area contributed by atoms with E-state index in [4.69, 9.17) is 0 Å². The summed E-state index contributed by atoms with van der Waals surface area (Å²) in [6.07, 6.45) is -1.63. The lowest BCUT2D eigenvalue weighted by molar-refractivity contribution is -0.169. The van der Waals surface area contributed by atoms with Crippen LogP contribution in [0.5, 0.6) is 0 Å². The molecule has 0 bridgehead atoms. The summed E-state index contributed by atoms with van der Waals surface area (Å²) in [6, 6.07) is 0. The fraction of sp³-hybridized carbons (Fsp3) is 1.00. The molecule has 1 aliphatic rings. The molecule has 0 spiro atoms. The van der Waals surface area contributed by atoms with Crippen LogP contribution >= 0.6 is 0 Å². The Morgan fingerprint density at radius 3 is 2.60 bits per heavy atom. The zero-order valence-electron chi connectivity index (χ0n) is 5.81. The average Bonchev–Trinajstić information content (AvgIpc) is 1.78. The molecule has 2 nitrogen and oxygen atoms in total. The Bertz CT molecular complexity index is 129. The number of halogens is 2. The second kappa shape index (κ2) is 2.43. The lowest BCUT2D eigenvalue weighted by atomic mass is 10.1. The van der Waals surface area contributed by atoms with E-state index in [0.29, 0.717) is 6.54 Å². The standard InChI is InChI=1S/C6H10F2NO/c1-9-3-2-5(10)6(7,8)4-9/h5H,2-4H2,1H3. The Balaban J connectivity index is 2.55. The first kappa shape index (κ1) is 7.88. The summed E-state index contributed by atoms with van der Waals surface area (Å²) in [6.45, 7) is 0.102. The molecule has 1 heterocycles. The monoisotopic (exact) mass is 150 g/mol. The SMILES string of the molecule is CN1CCC([O])C(F)(F)C1. The van der Waals surface area contributed by atoms with E-state index in [1.54, 1.807) is 7.05 Å². The van der Waals surface area contributed by atoms with Gasteiger partial charge in [-0.25, -0.2) is 13.9 Å². The summed E-state index contributed by atoms with van der Waals surface area (Å²) in [5, 5.41) is 10.6. The Morgan fingerprint density at radius 2 is 2.20 bits per heavy atom. The Hall–Kier alpha value is -0.220. The molecule has 0 aromatic rings. The largest absolute Gasteiger partial charge is 0.300 e. The fourth-order valence-electron chi connectivity index (χ4n) is 1.09. The molecule has 10 heavy (non-hydrogen) atoms. The van der Waals surface area contributed by atoms with Gasteiger partial charge in [-0.3, -0.25) is 0 Å². The van der Waals surface area contributed by atoms with Gasteiger partial charge in [-0.1, -0.05) is 0 Å². The second-order valence-corrected chi connectivity index (χ2v) is 2.78. The van der Waals surface area contributed by atoms with Crippen LogP contribution in [-0.4, -0.2) is 37.1 Å². The van der Waals surface area contributed by atoms with Gasteiger partial charge >= 0.3 is 0 Å². The van der Waals surface area contributed by atoms with Crippen molar-refractivity contribution >= 4 is 0 Å². The number of alkyl halides is 2. The van der Waals surface area contributed by atoms with Gasteiger partial charge in [0, 0.05) is 6.54 Å². The van der Waals surface area contributed by atoms with Crippen molar-refractivity contribution in [1.82, 2.24) is 4.90 Å². The van der Waals surface area contributed by atoms with Crippen LogP contribution in [0.3, 0.4) is 0 Å². The highest BCUT2D eigenvalue weighted by Crippen LogP contribution is 2.26. The molecule has 0 aliphatic carbocycles. The van der Waals surface area contributed by atoms with Crippen LogP contribution in [0.2, 0.25) is 0 Å². The minimum absolute atomic E-state index is 0.0590. The minimum Gasteiger partial charge on any atom is -0.300 e. The third-order valence-corrected chi connectivity index (χ3v) is 1.72. The maximum Gasteiger partial charge on any atom is 0.289 e. The molecule has 59 valence electrons. The zero-order valence-corrected chi connectivity index (χ0v) is 5.81. The molecule has 0 saturated carbocycles. The highest BCUT2D eigenvalue weighted by Gasteiger charge is 2.43. The van der Waals surface area contributed by atoms with E-state index in [0.717, 1.165) is 0 Å². The van der Waals surface area contributed by atoms with Gasteiger partial charge in [0.2, 0.25) is 0 Å². The van der Waals surface area contributed by atoms with Gasteiger partial charge in [0.05, 0.1) is 6.54 Å². The number of hydrogen-bond acceptors (Lipinski definition) is 1. The normalized spacial score (nSPS) is 34.2. The predicted octanol–water partition coefficient (Wildman–Crippen LogP) is 0.756. The summed E-state index contributed by atoms with van der Waals surface area (Å²) >= 11 is 0. The van der Waals surface area contributed by atoms with Crippen LogP contribution in [0.4, 0.5) is 8.78 Å². The van der Waals surface area contributed by atoms with Gasteiger partial charge < -0.3 is 4.90 Å². The minimum atomic E-state index is -3.02. The van der Waals surface area contributed by atoms with E-state index in [2.05, 4.69) is 0 Å². The maximum absolute atomic E-state index is 12.5. The predicted molar refractivity (Wildman–Crippen MR) is 31.5 cm³/mol. The van der Waals surface area contributed by atoms with Crippen LogP contribution in [0.25, 0.3) is 0 Å². The molecule has 1 saturated heterocycles. The van der Waals surface area contributed by atoms with Crippen molar-refractivity contribution in [3.63, 3.8) is 0 Å². The molecule has 0 N–H and O–H groups in total. The number of piperidine rings is 1. The van der Waals surface area contributed by atoms with Gasteiger partial charge in [-0.15, -0.1) is 0 Å². The third-order valence-electron chi connectivity index (χ3n) is 1.72. The highest BCUT2D eigenvalue weighted by molar-refractivity contribution is 4.84. The van der Waals surface area contributed by atoms with E-state index in [9.17, 15) is 13.9 Å². The van der Waals surface area contributed by atoms with Crippen LogP contribution in [0.1, 0.15) is 6.42 Å². The van der Waals surface area contributed by atoms with Crippen molar-refractivity contribution < 1.29 is 13.9 Å². The summed E-state index contributed by atoms with van der Waals surface area (Å²) in [4.78, 5) is 1.48. The second-order valence-electron chi connectivity index (χ2n) is 2.78. The molecule has 4 heteroatoms. The van der Waals surface area contributed by atoms with Crippen molar-refractivity contribution in [3.8, 4) is 0 Å². The molecule has 0 aromatic heterocycles. The number of nitrogens with zero attached hydrogens (tertiary/aromatic N) is 1. The van der Waals surface area contributed by atoms with Gasteiger partial charge in [-0.2, -0.15) is 0 Å². The summed E-state index contributed by atoms with van der Waals surface area (Å²) in [7, 11) is 1.60. The van der Waals surface area contributed by atoms with Gasteiger partial charge in [-0.05, 0) is 13.5 Å². The van der Waals surface area contributed by atoms with E-state index in [-0.39, 0.29) is 13.0 Å². The topological polar surface area (TPSA) is 23.1 Å². The van der Waals surface area contributed by atoms with E-state index < -0.39 is 12.0 Å². The fourth-order valence-corrected chi connectivity index (χ4v) is 1.09. The van der Waals surface area contributed by atoms with E-state index in [1.807, 2.05) is 0 Å². The molecule has 0 aromatic carbocycles. The molecular weight excluding hydrogens is 140 g/mol. The first-order valence-corrected chi connectivity index (χ1v) is 3.24. The van der Waals surface area contributed by atoms with Crippen LogP contribution in [-0.2, 0) is 5.11 Å². The van der Waals surface area contributed by atoms with E-state index >= 15 is 0 Å². The Labute approximate surface area is 58.4 Å². The molecule has 1 radical (unpaired) electrons. The Morgan fingerprint density at radius 1 is 1.60 bits per heavy atom. The summed E-state index contributed by atoms with van der Waals surface area (Å²) < 4.78 is 25.0. The quantitative estimate of drug-likeness (QED) is 0.500. The lowest BCUT2D eigenvalue weighted by Crippen LogP contribution is -2.49. The summed E-state index contributed by atoms with van der Waals surface area (Å²) in [5.41, 5.74) is 0. The molecule has 0 amide bonds. The highest BCUT2D eigenvalue weighted by atomic mass is 19.3. The zero-order chi connectivity index (χ0) is 7.78. The number of hydrogen-bond donors (Lipinski definition) is 0. The van der Waals surface area contributed by atoms with Crippen LogP contribution in [0.15, 0.2) is 0 Å². The summed E-state index contributed by atoms with van der Waals surface area (Å²) in [5.74, 6) is -3.02. The van der Waals surface area contributed by atoms with Gasteiger partial charge in [0.15, 0.2) is 6.10 Å². The molecule has 1 aliphatic heterocycles. The van der Waals surface area contributed by atoms with Gasteiger partial charge in [0.25, 0.3) is 5.92 Å². The van der Waals surface area contributed by atoms with Crippen LogP contribution in [0, 0.1) is 0 Å². The smallest absolute Gasteiger partial charge is 0.289 e. The van der Waals surface area contributed by atoms with E-state index in [1.165, 1.54) is 4.90 Å². The third kappa shape index (κ3) is 1.44. The lowest BCUT2D eigenvalue weighted by Gasteiger charge is -2.32. The number of rotatable bonds is 0. The van der Waals surface area contributed by atoms with Crippen molar-refractivity contribution in [2.75, 3.05) is 20.1 Å². The van der Waals surface area contributed by atoms with Gasteiger partial charge in [0.1, 0.15) is 0 Å². The van der Waals surface area contributed by atoms with Crippen molar-refractivity contribution in [2.45, 2.75) is 18.4 Å². The Kier molecular flexibility index (Phi) is 1.92. The van der Waals surface area contributed by atoms with Crippen LogP contribution < -0.4 is 0 Å². The molecule has 1 rings (SSSR count). The molecule has 1 fully saturated rings. The maximum atomic E-state index is 12.5. The van der Waals surface area contributed by atoms with Crippen molar-refractivity contribution in [2.24, 2.45) is 0 Å². The number of likely N-dealkylation sites (tertiary alicyclic amines) is 1. The molecule has 1 unspecified atom stereocenters. The van der Waals surface area contributed by atoms with Crippen molar-refractivity contribution in [1.29, 1.82) is 0 Å². The molecular formula is C6H10F2NO. The molecule has 1 atom stereocenters. The average molecular weight is 150 g/mol. The first-order chi connectivity index (χ1) is 4.52. The first-order valence-electron chi connectivity index (χ1n) is 3.24.